The van der Waals surface area contributed by atoms with Crippen molar-refractivity contribution in [1.29, 1.82) is 0 Å². The van der Waals surface area contributed by atoms with Crippen molar-refractivity contribution in [3.05, 3.63) is 11.6 Å². The molecule has 1 nitrogen and oxygen atoms in total. The number of nitrogens with zero attached hydrogens (tertiary/aromatic N) is 1. The molecule has 0 aliphatic rings. The average molecular weight is 255 g/mol. The Morgan fingerprint density at radius 2 is 2.08 bits per heavy atom. The molecule has 0 aromatic rings. The molecule has 0 rings (SSSR count). The Morgan fingerprint density at radius 3 is 2.67 bits per heavy atom. The van der Waals surface area contributed by atoms with E-state index in [2.05, 4.69) is 27.9 Å². The lowest BCUT2D eigenvalue weighted by Crippen LogP contribution is -2.19. The molecule has 0 atom stereocenters. The standard InChI is InChI=1S/C9H17BrClN/c1-12(9-5-7-11)8-4-2-3-6-10/h5,7H,2-4,6,8-9H2,1H3/b7-5+. The van der Waals surface area contributed by atoms with Crippen molar-refractivity contribution >= 4 is 27.5 Å². The molecule has 3 heteroatoms. The van der Waals surface area contributed by atoms with Gasteiger partial charge in [0, 0.05) is 17.4 Å². The Morgan fingerprint density at radius 1 is 1.33 bits per heavy atom. The van der Waals surface area contributed by atoms with Crippen LogP contribution in [0.5, 0.6) is 0 Å². The van der Waals surface area contributed by atoms with Crippen LogP contribution < -0.4 is 0 Å². The number of hydrogen-bond acceptors (Lipinski definition) is 1. The third kappa shape index (κ3) is 8.57. The van der Waals surface area contributed by atoms with Gasteiger partial charge in [-0.15, -0.1) is 0 Å². The van der Waals surface area contributed by atoms with Gasteiger partial charge in [-0.25, -0.2) is 0 Å². The van der Waals surface area contributed by atoms with Gasteiger partial charge in [0.15, 0.2) is 0 Å². The first-order chi connectivity index (χ1) is 5.81. The van der Waals surface area contributed by atoms with Crippen molar-refractivity contribution in [1.82, 2.24) is 4.90 Å². The highest BCUT2D eigenvalue weighted by atomic mass is 79.9. The maximum Gasteiger partial charge on any atom is 0.0171 e. The predicted molar refractivity (Wildman–Crippen MR) is 60.1 cm³/mol. The van der Waals surface area contributed by atoms with E-state index in [4.69, 9.17) is 11.6 Å². The molecule has 0 fully saturated rings. The third-order valence-electron chi connectivity index (χ3n) is 1.68. The van der Waals surface area contributed by atoms with Crippen LogP contribution in [-0.2, 0) is 0 Å². The molecule has 12 heavy (non-hydrogen) atoms. The molecule has 0 saturated heterocycles. The second-order valence-corrected chi connectivity index (χ2v) is 3.92. The van der Waals surface area contributed by atoms with Gasteiger partial charge in [0.05, 0.1) is 0 Å². The first-order valence-corrected chi connectivity index (χ1v) is 5.86. The zero-order valence-electron chi connectivity index (χ0n) is 7.60. The first kappa shape index (κ1) is 12.5. The molecule has 0 aromatic carbocycles. The highest BCUT2D eigenvalue weighted by Crippen LogP contribution is 1.99. The molecule has 0 aromatic heterocycles. The monoisotopic (exact) mass is 253 g/mol. The number of halogens is 2. The minimum atomic E-state index is 0.956. The number of unbranched alkanes of at least 4 members (excludes halogenated alkanes) is 2. The van der Waals surface area contributed by atoms with Gasteiger partial charge in [0.2, 0.25) is 0 Å². The predicted octanol–water partition coefficient (Wildman–Crippen LogP) is 3.24. The summed E-state index contributed by atoms with van der Waals surface area (Å²) in [5.74, 6) is 0. The Labute approximate surface area is 88.9 Å². The van der Waals surface area contributed by atoms with E-state index in [1.807, 2.05) is 6.08 Å². The molecule has 0 aliphatic carbocycles. The lowest BCUT2D eigenvalue weighted by molar-refractivity contribution is 0.359. The van der Waals surface area contributed by atoms with Crippen molar-refractivity contribution in [2.45, 2.75) is 19.3 Å². The van der Waals surface area contributed by atoms with Crippen LogP contribution in [0.25, 0.3) is 0 Å². The van der Waals surface area contributed by atoms with Crippen LogP contribution in [-0.4, -0.2) is 30.4 Å². The quantitative estimate of drug-likeness (QED) is 0.498. The molecule has 72 valence electrons. The van der Waals surface area contributed by atoms with E-state index in [0.29, 0.717) is 0 Å². The van der Waals surface area contributed by atoms with E-state index in [1.165, 1.54) is 19.3 Å². The van der Waals surface area contributed by atoms with E-state index in [0.717, 1.165) is 18.4 Å². The summed E-state index contributed by atoms with van der Waals surface area (Å²) in [6.07, 6.45) is 5.82. The van der Waals surface area contributed by atoms with Crippen LogP contribution in [0.2, 0.25) is 0 Å². The maximum absolute atomic E-state index is 5.42. The van der Waals surface area contributed by atoms with Gasteiger partial charge < -0.3 is 4.90 Å². The van der Waals surface area contributed by atoms with Crippen LogP contribution in [0.4, 0.5) is 0 Å². The highest BCUT2D eigenvalue weighted by Gasteiger charge is 1.94. The highest BCUT2D eigenvalue weighted by molar-refractivity contribution is 9.09. The zero-order valence-corrected chi connectivity index (χ0v) is 9.94. The Hall–Kier alpha value is 0.470. The molecule has 0 radical (unpaired) electrons. The second kappa shape index (κ2) is 9.56. The number of alkyl halides is 1. The summed E-state index contributed by atoms with van der Waals surface area (Å²) in [7, 11) is 2.12. The third-order valence-corrected chi connectivity index (χ3v) is 2.42. The summed E-state index contributed by atoms with van der Waals surface area (Å²) >= 11 is 8.83. The number of likely N-dealkylation sites (N-methyl/N-ethyl adjacent to an activating group) is 1. The molecule has 0 saturated carbocycles. The molecule has 0 amide bonds. The van der Waals surface area contributed by atoms with Crippen LogP contribution in [0.15, 0.2) is 11.6 Å². The summed E-state index contributed by atoms with van der Waals surface area (Å²) in [5, 5.41) is 1.12. The van der Waals surface area contributed by atoms with Gasteiger partial charge in [-0.3, -0.25) is 0 Å². The topological polar surface area (TPSA) is 3.24 Å². The molecule has 0 heterocycles. The summed E-state index contributed by atoms with van der Waals surface area (Å²) in [4.78, 5) is 2.27. The fraction of sp³-hybridized carbons (Fsp3) is 0.778. The lowest BCUT2D eigenvalue weighted by Gasteiger charge is -2.13. The Balaban J connectivity index is 3.13. The summed E-state index contributed by atoms with van der Waals surface area (Å²) < 4.78 is 0. The molecular weight excluding hydrogens is 237 g/mol. The fourth-order valence-corrected chi connectivity index (χ4v) is 1.44. The number of rotatable bonds is 7. The van der Waals surface area contributed by atoms with E-state index in [1.54, 1.807) is 5.54 Å². The van der Waals surface area contributed by atoms with E-state index >= 15 is 0 Å². The minimum Gasteiger partial charge on any atom is -0.303 e. The van der Waals surface area contributed by atoms with E-state index in [9.17, 15) is 0 Å². The number of hydrogen-bond donors (Lipinski definition) is 0. The Bertz CT molecular complexity index is 117. The minimum absolute atomic E-state index is 0.956. The molecule has 0 N–H and O–H groups in total. The molecular formula is C9H17BrClN. The van der Waals surface area contributed by atoms with Crippen LogP contribution >= 0.6 is 27.5 Å². The SMILES string of the molecule is CN(C/C=C/Cl)CCCCCBr. The van der Waals surface area contributed by atoms with Crippen LogP contribution in [0.3, 0.4) is 0 Å². The summed E-state index contributed by atoms with van der Waals surface area (Å²) in [6, 6.07) is 0. The van der Waals surface area contributed by atoms with Gasteiger partial charge in [-0.1, -0.05) is 40.0 Å². The van der Waals surface area contributed by atoms with Gasteiger partial charge >= 0.3 is 0 Å². The molecule has 0 unspecified atom stereocenters. The van der Waals surface area contributed by atoms with Crippen molar-refractivity contribution < 1.29 is 0 Å². The van der Waals surface area contributed by atoms with Crippen LogP contribution in [0, 0.1) is 0 Å². The van der Waals surface area contributed by atoms with Crippen LogP contribution in [0.1, 0.15) is 19.3 Å². The molecule has 0 spiro atoms. The lowest BCUT2D eigenvalue weighted by atomic mass is 10.2. The second-order valence-electron chi connectivity index (χ2n) is 2.87. The molecule has 0 aliphatic heterocycles. The first-order valence-electron chi connectivity index (χ1n) is 4.31. The average Bonchev–Trinajstić information content (AvgIpc) is 2.09. The molecule has 0 bridgehead atoms. The van der Waals surface area contributed by atoms with E-state index in [-0.39, 0.29) is 0 Å². The smallest absolute Gasteiger partial charge is 0.0171 e. The van der Waals surface area contributed by atoms with Crippen molar-refractivity contribution in [2.75, 3.05) is 25.5 Å². The van der Waals surface area contributed by atoms with Gasteiger partial charge in [-0.2, -0.15) is 0 Å². The van der Waals surface area contributed by atoms with Gasteiger partial charge in [0.1, 0.15) is 0 Å². The van der Waals surface area contributed by atoms with Gasteiger partial charge in [-0.05, 0) is 26.4 Å². The van der Waals surface area contributed by atoms with Gasteiger partial charge in [0.25, 0.3) is 0 Å². The largest absolute Gasteiger partial charge is 0.303 e. The maximum atomic E-state index is 5.42. The van der Waals surface area contributed by atoms with Crippen molar-refractivity contribution in [3.63, 3.8) is 0 Å². The van der Waals surface area contributed by atoms with Crippen molar-refractivity contribution in [2.24, 2.45) is 0 Å². The van der Waals surface area contributed by atoms with Crippen molar-refractivity contribution in [3.8, 4) is 0 Å². The zero-order chi connectivity index (χ0) is 9.23. The Kier molecular flexibility index (Phi) is 9.93. The summed E-state index contributed by atoms with van der Waals surface area (Å²) in [5.41, 5.74) is 1.58. The fourth-order valence-electron chi connectivity index (χ4n) is 0.964. The normalized spacial score (nSPS) is 11.7. The summed E-state index contributed by atoms with van der Waals surface area (Å²) in [6.45, 7) is 2.12. The van der Waals surface area contributed by atoms with E-state index < -0.39 is 0 Å².